The molecule has 0 spiro atoms. The Bertz CT molecular complexity index is 794. The fourth-order valence-corrected chi connectivity index (χ4v) is 3.79. The summed E-state index contributed by atoms with van der Waals surface area (Å²) in [6, 6.07) is 7.00. The van der Waals surface area contributed by atoms with Crippen LogP contribution in [0, 0.1) is 5.92 Å². The van der Waals surface area contributed by atoms with Gasteiger partial charge in [-0.3, -0.25) is 9.78 Å². The van der Waals surface area contributed by atoms with Crippen LogP contribution >= 0.6 is 0 Å². The lowest BCUT2D eigenvalue weighted by Crippen LogP contribution is -2.42. The monoisotopic (exact) mass is 306 g/mol. The standard InChI is InChI=1S/C14H14N2O4S/c17-14(18)13(9-6-7-9)16-21(19,20)12-5-1-4-11-10(12)3-2-8-15-11/h1-5,8-9,13,16H,6-7H2,(H,17,18). The summed E-state index contributed by atoms with van der Waals surface area (Å²) in [4.78, 5) is 15.4. The summed E-state index contributed by atoms with van der Waals surface area (Å²) in [6.45, 7) is 0. The van der Waals surface area contributed by atoms with Gasteiger partial charge in [0.15, 0.2) is 0 Å². The van der Waals surface area contributed by atoms with Crippen molar-refractivity contribution >= 4 is 26.9 Å². The molecule has 1 aromatic heterocycles. The number of nitrogens with one attached hydrogen (secondary N) is 1. The molecular weight excluding hydrogens is 292 g/mol. The molecule has 1 unspecified atom stereocenters. The van der Waals surface area contributed by atoms with Crippen LogP contribution in [-0.4, -0.2) is 30.5 Å². The molecule has 0 radical (unpaired) electrons. The van der Waals surface area contributed by atoms with Crippen LogP contribution in [0.25, 0.3) is 10.9 Å². The highest BCUT2D eigenvalue weighted by Gasteiger charge is 2.39. The van der Waals surface area contributed by atoms with Crippen molar-refractivity contribution in [2.75, 3.05) is 0 Å². The molecule has 0 saturated heterocycles. The third-order valence-corrected chi connectivity index (χ3v) is 5.04. The van der Waals surface area contributed by atoms with E-state index in [1.807, 2.05) is 0 Å². The highest BCUT2D eigenvalue weighted by atomic mass is 32.2. The first-order valence-corrected chi connectivity index (χ1v) is 8.06. The molecule has 1 aliphatic carbocycles. The minimum atomic E-state index is -3.91. The highest BCUT2D eigenvalue weighted by Crippen LogP contribution is 2.33. The van der Waals surface area contributed by atoms with Crippen LogP contribution in [0.3, 0.4) is 0 Å². The normalized spacial score (nSPS) is 16.8. The summed E-state index contributed by atoms with van der Waals surface area (Å²) in [5, 5.41) is 9.65. The van der Waals surface area contributed by atoms with Crippen molar-refractivity contribution in [2.24, 2.45) is 5.92 Å². The minimum absolute atomic E-state index is 0.0556. The third-order valence-electron chi connectivity index (χ3n) is 3.54. The number of carboxylic acids is 1. The number of carbonyl (C=O) groups is 1. The van der Waals surface area contributed by atoms with Gasteiger partial charge in [-0.15, -0.1) is 0 Å². The average molecular weight is 306 g/mol. The maximum absolute atomic E-state index is 12.5. The molecular formula is C14H14N2O4S. The van der Waals surface area contributed by atoms with E-state index in [2.05, 4.69) is 9.71 Å². The largest absolute Gasteiger partial charge is 0.480 e. The van der Waals surface area contributed by atoms with Gasteiger partial charge in [0.25, 0.3) is 0 Å². The van der Waals surface area contributed by atoms with Gasteiger partial charge in [-0.2, -0.15) is 4.72 Å². The smallest absolute Gasteiger partial charge is 0.322 e. The molecule has 1 aromatic carbocycles. The zero-order valence-electron chi connectivity index (χ0n) is 11.1. The van der Waals surface area contributed by atoms with Crippen molar-refractivity contribution in [3.05, 3.63) is 36.5 Å². The van der Waals surface area contributed by atoms with Crippen molar-refractivity contribution < 1.29 is 18.3 Å². The molecule has 0 amide bonds. The Hall–Kier alpha value is -1.99. The molecule has 6 nitrogen and oxygen atoms in total. The van der Waals surface area contributed by atoms with E-state index in [4.69, 9.17) is 5.11 Å². The molecule has 2 aromatic rings. The van der Waals surface area contributed by atoms with E-state index in [1.54, 1.807) is 30.5 Å². The predicted octanol–water partition coefficient (Wildman–Crippen LogP) is 1.38. The number of aliphatic carboxylic acids is 1. The fraction of sp³-hybridized carbons (Fsp3) is 0.286. The molecule has 3 rings (SSSR count). The number of hydrogen-bond donors (Lipinski definition) is 2. The van der Waals surface area contributed by atoms with Gasteiger partial charge < -0.3 is 5.11 Å². The van der Waals surface area contributed by atoms with Gasteiger partial charge in [0, 0.05) is 11.6 Å². The third kappa shape index (κ3) is 2.74. The Balaban J connectivity index is 2.02. The highest BCUT2D eigenvalue weighted by molar-refractivity contribution is 7.89. The lowest BCUT2D eigenvalue weighted by Gasteiger charge is -2.15. The van der Waals surface area contributed by atoms with E-state index in [-0.39, 0.29) is 10.8 Å². The molecule has 110 valence electrons. The van der Waals surface area contributed by atoms with Gasteiger partial charge in [-0.25, -0.2) is 8.42 Å². The lowest BCUT2D eigenvalue weighted by atomic mass is 10.2. The molecule has 0 bridgehead atoms. The van der Waals surface area contributed by atoms with Crippen LogP contribution in [0.15, 0.2) is 41.4 Å². The lowest BCUT2D eigenvalue weighted by molar-refractivity contribution is -0.139. The molecule has 1 aliphatic rings. The van der Waals surface area contributed by atoms with E-state index in [0.717, 1.165) is 12.8 Å². The number of aromatic nitrogens is 1. The molecule has 1 atom stereocenters. The summed E-state index contributed by atoms with van der Waals surface area (Å²) in [5.74, 6) is -1.26. The number of benzene rings is 1. The van der Waals surface area contributed by atoms with Crippen LogP contribution < -0.4 is 4.72 Å². The van der Waals surface area contributed by atoms with Crippen molar-refractivity contribution in [2.45, 2.75) is 23.8 Å². The van der Waals surface area contributed by atoms with Crippen molar-refractivity contribution in [1.82, 2.24) is 9.71 Å². The summed E-state index contributed by atoms with van der Waals surface area (Å²) in [6.07, 6.45) is 3.05. The number of fused-ring (bicyclic) bond motifs is 1. The summed E-state index contributed by atoms with van der Waals surface area (Å²) in [5.41, 5.74) is 0.554. The number of rotatable bonds is 5. The second-order valence-corrected chi connectivity index (χ2v) is 6.78. The quantitative estimate of drug-likeness (QED) is 0.870. The fourth-order valence-electron chi connectivity index (χ4n) is 2.32. The first-order chi connectivity index (χ1) is 9.99. The second-order valence-electron chi connectivity index (χ2n) is 5.10. The molecule has 1 saturated carbocycles. The van der Waals surface area contributed by atoms with Gasteiger partial charge in [0.2, 0.25) is 10.0 Å². The number of nitrogens with zero attached hydrogens (tertiary/aromatic N) is 1. The van der Waals surface area contributed by atoms with Crippen molar-refractivity contribution in [3.8, 4) is 0 Å². The van der Waals surface area contributed by atoms with Crippen LogP contribution in [0.5, 0.6) is 0 Å². The average Bonchev–Trinajstić information content (AvgIpc) is 3.28. The van der Waals surface area contributed by atoms with E-state index in [9.17, 15) is 13.2 Å². The van der Waals surface area contributed by atoms with Gasteiger partial charge in [-0.1, -0.05) is 6.07 Å². The number of carboxylic acid groups (broad SMARTS) is 1. The van der Waals surface area contributed by atoms with E-state index >= 15 is 0 Å². The molecule has 0 aliphatic heterocycles. The van der Waals surface area contributed by atoms with E-state index in [0.29, 0.717) is 10.9 Å². The molecule has 1 fully saturated rings. The van der Waals surface area contributed by atoms with Crippen molar-refractivity contribution in [1.29, 1.82) is 0 Å². The maximum atomic E-state index is 12.5. The topological polar surface area (TPSA) is 96.4 Å². The van der Waals surface area contributed by atoms with Crippen LogP contribution in [0.2, 0.25) is 0 Å². The maximum Gasteiger partial charge on any atom is 0.322 e. The number of pyridine rings is 1. The zero-order chi connectivity index (χ0) is 15.0. The minimum Gasteiger partial charge on any atom is -0.480 e. The predicted molar refractivity (Wildman–Crippen MR) is 76.2 cm³/mol. The van der Waals surface area contributed by atoms with Gasteiger partial charge in [0.05, 0.1) is 10.4 Å². The molecule has 1 heterocycles. The van der Waals surface area contributed by atoms with Gasteiger partial charge in [-0.05, 0) is 43.0 Å². The summed E-state index contributed by atoms with van der Waals surface area (Å²) >= 11 is 0. The number of sulfonamides is 1. The number of hydrogen-bond acceptors (Lipinski definition) is 4. The van der Waals surface area contributed by atoms with E-state index < -0.39 is 22.0 Å². The molecule has 2 N–H and O–H groups in total. The Morgan fingerprint density at radius 2 is 2.05 bits per heavy atom. The Morgan fingerprint density at radius 3 is 2.71 bits per heavy atom. The van der Waals surface area contributed by atoms with Crippen LogP contribution in [0.1, 0.15) is 12.8 Å². The van der Waals surface area contributed by atoms with Crippen LogP contribution in [-0.2, 0) is 14.8 Å². The zero-order valence-corrected chi connectivity index (χ0v) is 11.9. The Kier molecular flexibility index (Phi) is 3.38. The Labute approximate surface area is 121 Å². The molecule has 7 heteroatoms. The second kappa shape index (κ2) is 5.09. The summed E-state index contributed by atoms with van der Waals surface area (Å²) in [7, 11) is -3.91. The van der Waals surface area contributed by atoms with Crippen molar-refractivity contribution in [3.63, 3.8) is 0 Å². The first-order valence-electron chi connectivity index (χ1n) is 6.58. The van der Waals surface area contributed by atoms with Gasteiger partial charge >= 0.3 is 5.97 Å². The summed E-state index contributed by atoms with van der Waals surface area (Å²) < 4.78 is 27.3. The van der Waals surface area contributed by atoms with E-state index in [1.165, 1.54) is 6.07 Å². The SMILES string of the molecule is O=C(O)C(NS(=O)(=O)c1cccc2ncccc12)C1CC1. The van der Waals surface area contributed by atoms with Gasteiger partial charge in [0.1, 0.15) is 6.04 Å². The Morgan fingerprint density at radius 1 is 1.29 bits per heavy atom. The molecule has 21 heavy (non-hydrogen) atoms. The first kappa shape index (κ1) is 14.0. The van der Waals surface area contributed by atoms with Crippen LogP contribution in [0.4, 0.5) is 0 Å².